The van der Waals surface area contributed by atoms with E-state index >= 15 is 0 Å². The highest BCUT2D eigenvalue weighted by Gasteiger charge is 2.01. The Morgan fingerprint density at radius 1 is 1.44 bits per heavy atom. The van der Waals surface area contributed by atoms with Gasteiger partial charge >= 0.3 is 0 Å². The zero-order valence-electron chi connectivity index (χ0n) is 5.96. The van der Waals surface area contributed by atoms with Crippen molar-refractivity contribution in [3.05, 3.63) is 29.8 Å². The average Bonchev–Trinajstić information content (AvgIpc) is 2.27. The molecule has 1 heteroatoms. The van der Waals surface area contributed by atoms with Crippen LogP contribution in [-0.4, -0.2) is 6.19 Å². The van der Waals surface area contributed by atoms with Crippen LogP contribution in [0.25, 0.3) is 0 Å². The van der Waals surface area contributed by atoms with Gasteiger partial charge in [-0.05, 0) is 11.6 Å². The molecule has 0 fully saturated rings. The molecule has 0 aliphatic carbocycles. The molecular weight excluding hydrogens is 110 g/mol. The Hall–Kier alpha value is -1.11. The molecule has 1 aliphatic heterocycles. The standard InChI is InChI=1S/C8H7N/c1-2-4-8-7(3-1)5-6-9-8/h1-4,6H,5H2/i6D. The predicted molar refractivity (Wildman–Crippen MR) is 38.3 cm³/mol. The van der Waals surface area contributed by atoms with Gasteiger partial charge in [-0.2, -0.15) is 0 Å². The van der Waals surface area contributed by atoms with Crippen molar-refractivity contribution in [3.8, 4) is 0 Å². The van der Waals surface area contributed by atoms with Crippen LogP contribution in [0.5, 0.6) is 0 Å². The molecule has 0 radical (unpaired) electrons. The number of nitrogens with zero attached hydrogens (tertiary/aromatic N) is 1. The minimum absolute atomic E-state index is 0.473. The average molecular weight is 118 g/mol. The van der Waals surface area contributed by atoms with Crippen molar-refractivity contribution in [1.29, 1.82) is 0 Å². The van der Waals surface area contributed by atoms with Crippen molar-refractivity contribution in [3.63, 3.8) is 0 Å². The summed E-state index contributed by atoms with van der Waals surface area (Å²) < 4.78 is 7.27. The normalized spacial score (nSPS) is 16.4. The molecule has 0 saturated carbocycles. The van der Waals surface area contributed by atoms with Crippen molar-refractivity contribution in [1.82, 2.24) is 0 Å². The zero-order chi connectivity index (χ0) is 6.97. The first-order chi connectivity index (χ1) is 4.86. The van der Waals surface area contributed by atoms with Crippen LogP contribution in [0.3, 0.4) is 0 Å². The number of para-hydroxylation sites is 1. The lowest BCUT2D eigenvalue weighted by Crippen LogP contribution is -1.75. The van der Waals surface area contributed by atoms with Crippen LogP contribution >= 0.6 is 0 Å². The minimum atomic E-state index is 0.473. The summed E-state index contributed by atoms with van der Waals surface area (Å²) in [5.41, 5.74) is 2.14. The van der Waals surface area contributed by atoms with Gasteiger partial charge in [-0.15, -0.1) is 0 Å². The molecule has 0 unspecified atom stereocenters. The maximum atomic E-state index is 7.27. The van der Waals surface area contributed by atoms with E-state index < -0.39 is 0 Å². The first-order valence-electron chi connectivity index (χ1n) is 3.48. The summed E-state index contributed by atoms with van der Waals surface area (Å²) in [5, 5.41) is 0. The fourth-order valence-corrected chi connectivity index (χ4v) is 0.979. The summed E-state index contributed by atoms with van der Waals surface area (Å²) in [6.45, 7) is 0. The van der Waals surface area contributed by atoms with Crippen LogP contribution in [0.2, 0.25) is 0 Å². The Labute approximate surface area is 55.5 Å². The monoisotopic (exact) mass is 118 g/mol. The van der Waals surface area contributed by atoms with E-state index in [1.54, 1.807) is 0 Å². The number of hydrogen-bond acceptors (Lipinski definition) is 1. The van der Waals surface area contributed by atoms with E-state index in [1.165, 1.54) is 5.56 Å². The van der Waals surface area contributed by atoms with E-state index in [0.29, 0.717) is 12.6 Å². The fraction of sp³-hybridized carbons (Fsp3) is 0.125. The third-order valence-corrected chi connectivity index (χ3v) is 1.46. The van der Waals surface area contributed by atoms with Gasteiger partial charge in [0.15, 0.2) is 0 Å². The molecule has 9 heavy (non-hydrogen) atoms. The summed E-state index contributed by atoms with van der Waals surface area (Å²) >= 11 is 0. The fourth-order valence-electron chi connectivity index (χ4n) is 0.979. The van der Waals surface area contributed by atoms with Crippen LogP contribution in [0.15, 0.2) is 29.3 Å². The lowest BCUT2D eigenvalue weighted by atomic mass is 10.2. The predicted octanol–water partition coefficient (Wildman–Crippen LogP) is 1.94. The van der Waals surface area contributed by atoms with Gasteiger partial charge < -0.3 is 0 Å². The van der Waals surface area contributed by atoms with Crippen molar-refractivity contribution in [2.24, 2.45) is 4.99 Å². The molecule has 1 aromatic rings. The van der Waals surface area contributed by atoms with Crippen molar-refractivity contribution in [2.45, 2.75) is 6.42 Å². The Balaban J connectivity index is 2.54. The highest BCUT2D eigenvalue weighted by Crippen LogP contribution is 2.22. The molecule has 0 aromatic heterocycles. The highest BCUT2D eigenvalue weighted by molar-refractivity contribution is 5.75. The number of hydrogen-bond donors (Lipinski definition) is 0. The smallest absolute Gasteiger partial charge is 0.0795 e. The molecule has 44 valence electrons. The van der Waals surface area contributed by atoms with Crippen LogP contribution in [0.4, 0.5) is 5.69 Å². The molecule has 0 saturated heterocycles. The summed E-state index contributed by atoms with van der Waals surface area (Å²) in [6, 6.07) is 7.88. The molecule has 0 spiro atoms. The molecule has 1 nitrogen and oxygen atoms in total. The van der Waals surface area contributed by atoms with E-state index in [1.807, 2.05) is 24.3 Å². The van der Waals surface area contributed by atoms with Crippen molar-refractivity contribution >= 4 is 11.9 Å². The summed E-state index contributed by atoms with van der Waals surface area (Å²) in [4.78, 5) is 4.04. The van der Waals surface area contributed by atoms with Crippen LogP contribution in [0.1, 0.15) is 6.93 Å². The number of fused-ring (bicyclic) bond motifs is 1. The summed E-state index contributed by atoms with van der Waals surface area (Å²) in [6.07, 6.45) is 1.18. The number of aliphatic imine (C=N–C) groups is 1. The molecule has 1 aromatic carbocycles. The molecule has 2 rings (SSSR count). The Morgan fingerprint density at radius 2 is 2.33 bits per heavy atom. The third kappa shape index (κ3) is 0.653. The molecule has 1 aliphatic rings. The second-order valence-electron chi connectivity index (χ2n) is 2.08. The van der Waals surface area contributed by atoms with Gasteiger partial charge in [-0.25, -0.2) is 0 Å². The Morgan fingerprint density at radius 3 is 3.22 bits per heavy atom. The Bertz CT molecular complexity index is 291. The Kier molecular flexibility index (Phi) is 0.719. The van der Waals surface area contributed by atoms with E-state index in [0.717, 1.165) is 5.69 Å². The minimum Gasteiger partial charge on any atom is -0.261 e. The van der Waals surface area contributed by atoms with Gasteiger partial charge in [0.25, 0.3) is 0 Å². The first kappa shape index (κ1) is 3.83. The lowest BCUT2D eigenvalue weighted by molar-refractivity contribution is 1.41. The topological polar surface area (TPSA) is 12.4 Å². The van der Waals surface area contributed by atoms with E-state index in [9.17, 15) is 0 Å². The molecule has 0 N–H and O–H groups in total. The van der Waals surface area contributed by atoms with Crippen LogP contribution in [0, 0.1) is 0 Å². The van der Waals surface area contributed by atoms with Crippen LogP contribution < -0.4 is 0 Å². The van der Waals surface area contributed by atoms with Crippen molar-refractivity contribution in [2.75, 3.05) is 0 Å². The first-order valence-corrected chi connectivity index (χ1v) is 2.98. The molecule has 0 amide bonds. The van der Waals surface area contributed by atoms with Gasteiger partial charge in [0.05, 0.1) is 7.06 Å². The second-order valence-corrected chi connectivity index (χ2v) is 2.08. The lowest BCUT2D eigenvalue weighted by Gasteiger charge is -1.91. The zero-order valence-corrected chi connectivity index (χ0v) is 4.96. The quantitative estimate of drug-likeness (QED) is 0.493. The summed E-state index contributed by atoms with van der Waals surface area (Å²) in [5.74, 6) is 0. The summed E-state index contributed by atoms with van der Waals surface area (Å²) in [7, 11) is 0. The molecule has 0 atom stereocenters. The second kappa shape index (κ2) is 1.69. The van der Waals surface area contributed by atoms with Gasteiger partial charge in [0.2, 0.25) is 0 Å². The van der Waals surface area contributed by atoms with Gasteiger partial charge in [0.1, 0.15) is 0 Å². The van der Waals surface area contributed by atoms with E-state index in [-0.39, 0.29) is 0 Å². The highest BCUT2D eigenvalue weighted by atomic mass is 14.7. The van der Waals surface area contributed by atoms with E-state index in [4.69, 9.17) is 1.37 Å². The maximum Gasteiger partial charge on any atom is 0.0795 e. The molecule has 1 heterocycles. The van der Waals surface area contributed by atoms with Gasteiger partial charge in [-0.3, -0.25) is 4.99 Å². The van der Waals surface area contributed by atoms with Gasteiger partial charge in [-0.1, -0.05) is 18.2 Å². The van der Waals surface area contributed by atoms with Crippen molar-refractivity contribution < 1.29 is 1.37 Å². The maximum absolute atomic E-state index is 7.27. The number of rotatable bonds is 0. The van der Waals surface area contributed by atoms with E-state index in [2.05, 4.69) is 4.99 Å². The van der Waals surface area contributed by atoms with Gasteiger partial charge in [0, 0.05) is 12.6 Å². The van der Waals surface area contributed by atoms with Crippen LogP contribution in [-0.2, 0) is 6.42 Å². The largest absolute Gasteiger partial charge is 0.261 e. The number of benzene rings is 1. The molecule has 0 bridgehead atoms. The SMILES string of the molecule is [2H]C1=Nc2ccccc2C1. The third-order valence-electron chi connectivity index (χ3n) is 1.46. The molecular formula is C8H7N.